The van der Waals surface area contributed by atoms with Crippen LogP contribution >= 0.6 is 11.3 Å². The highest BCUT2D eigenvalue weighted by molar-refractivity contribution is 7.07. The molecule has 0 saturated carbocycles. The first-order valence-corrected chi connectivity index (χ1v) is 9.53. The van der Waals surface area contributed by atoms with Crippen molar-refractivity contribution in [2.75, 3.05) is 0 Å². The number of thiazole rings is 1. The molecule has 0 atom stereocenters. The molecule has 130 valence electrons. The number of furan rings is 1. The van der Waals surface area contributed by atoms with Crippen LogP contribution in [0.15, 0.2) is 68.6 Å². The van der Waals surface area contributed by atoms with Crippen LogP contribution in [0.25, 0.3) is 11.5 Å². The molecule has 25 heavy (non-hydrogen) atoms. The van der Waals surface area contributed by atoms with Gasteiger partial charge in [-0.3, -0.25) is 4.99 Å². The van der Waals surface area contributed by atoms with Crippen molar-refractivity contribution in [1.29, 1.82) is 0 Å². The van der Waals surface area contributed by atoms with E-state index < -0.39 is 0 Å². The summed E-state index contributed by atoms with van der Waals surface area (Å²) in [5.41, 5.74) is 2.12. The minimum atomic E-state index is 0.471. The van der Waals surface area contributed by atoms with Crippen LogP contribution in [0.3, 0.4) is 0 Å². The lowest BCUT2D eigenvalue weighted by molar-refractivity contribution is 0.574. The monoisotopic (exact) mass is 353 g/mol. The maximum Gasteiger partial charge on any atom is 0.206 e. The molecular weight excluding hydrogens is 330 g/mol. The molecule has 1 aromatic carbocycles. The second kappa shape index (κ2) is 8.62. The summed E-state index contributed by atoms with van der Waals surface area (Å²) in [5.74, 6) is 1.28. The Morgan fingerprint density at radius 1 is 1.12 bits per heavy atom. The Kier molecular flexibility index (Phi) is 6.01. The zero-order valence-corrected chi connectivity index (χ0v) is 15.4. The number of nitrogens with zero attached hydrogens (tertiary/aromatic N) is 3. The van der Waals surface area contributed by atoms with Crippen molar-refractivity contribution in [2.45, 2.75) is 33.2 Å². The molecule has 0 saturated heterocycles. The lowest BCUT2D eigenvalue weighted by Crippen LogP contribution is -2.13. The quantitative estimate of drug-likeness (QED) is 0.540. The molecule has 5 heteroatoms. The molecule has 2 heterocycles. The molecule has 0 aliphatic carbocycles. The second-order valence-corrected chi connectivity index (χ2v) is 6.67. The Labute approximate surface area is 152 Å². The molecule has 0 spiro atoms. The molecule has 0 radical (unpaired) electrons. The van der Waals surface area contributed by atoms with Crippen LogP contribution in [0.4, 0.5) is 0 Å². The van der Waals surface area contributed by atoms with Crippen LogP contribution < -0.4 is 4.80 Å². The third-order valence-corrected chi connectivity index (χ3v) is 4.99. The Hall–Kier alpha value is -2.40. The van der Waals surface area contributed by atoms with E-state index in [1.165, 1.54) is 5.56 Å². The van der Waals surface area contributed by atoms with E-state index in [1.807, 2.05) is 46.6 Å². The van der Waals surface area contributed by atoms with E-state index >= 15 is 0 Å². The second-order valence-electron chi connectivity index (χ2n) is 5.84. The van der Waals surface area contributed by atoms with Crippen molar-refractivity contribution in [3.63, 3.8) is 0 Å². The van der Waals surface area contributed by atoms with Crippen LogP contribution in [-0.4, -0.2) is 10.9 Å². The van der Waals surface area contributed by atoms with Gasteiger partial charge in [0, 0.05) is 11.6 Å². The largest absolute Gasteiger partial charge is 0.463 e. The van der Waals surface area contributed by atoms with E-state index in [4.69, 9.17) is 14.5 Å². The van der Waals surface area contributed by atoms with Crippen molar-refractivity contribution < 1.29 is 4.42 Å². The van der Waals surface area contributed by atoms with Crippen molar-refractivity contribution in [3.8, 4) is 11.5 Å². The van der Waals surface area contributed by atoms with Crippen LogP contribution in [0.2, 0.25) is 0 Å². The first-order valence-electron chi connectivity index (χ1n) is 8.65. The molecule has 0 fully saturated rings. The summed E-state index contributed by atoms with van der Waals surface area (Å²) in [6.07, 6.45) is 5.87. The predicted molar refractivity (Wildman–Crippen MR) is 104 cm³/mol. The highest BCUT2D eigenvalue weighted by atomic mass is 32.1. The van der Waals surface area contributed by atoms with E-state index in [2.05, 4.69) is 26.0 Å². The van der Waals surface area contributed by atoms with Crippen molar-refractivity contribution >= 4 is 17.6 Å². The lowest BCUT2D eigenvalue weighted by atomic mass is 10.1. The fourth-order valence-corrected chi connectivity index (χ4v) is 3.33. The molecular formula is C20H23N3OS. The van der Waals surface area contributed by atoms with Crippen LogP contribution in [0.1, 0.15) is 32.3 Å². The van der Waals surface area contributed by atoms with E-state index in [1.54, 1.807) is 17.6 Å². The van der Waals surface area contributed by atoms with Gasteiger partial charge >= 0.3 is 0 Å². The highest BCUT2D eigenvalue weighted by Gasteiger charge is 2.10. The van der Waals surface area contributed by atoms with Crippen LogP contribution in [0.5, 0.6) is 0 Å². The molecule has 2 aromatic heterocycles. The average molecular weight is 353 g/mol. The summed E-state index contributed by atoms with van der Waals surface area (Å²) in [4.78, 5) is 5.64. The zero-order valence-electron chi connectivity index (χ0n) is 14.6. The molecule has 4 nitrogen and oxygen atoms in total. The summed E-state index contributed by atoms with van der Waals surface area (Å²) in [7, 11) is 0. The summed E-state index contributed by atoms with van der Waals surface area (Å²) < 4.78 is 7.46. The average Bonchev–Trinajstić information content (AvgIpc) is 3.31. The van der Waals surface area contributed by atoms with E-state index in [0.717, 1.165) is 29.1 Å². The molecule has 3 aromatic rings. The summed E-state index contributed by atoms with van der Waals surface area (Å²) in [6, 6.07) is 14.1. The smallest absolute Gasteiger partial charge is 0.206 e. The zero-order chi connectivity index (χ0) is 17.5. The van der Waals surface area contributed by atoms with Gasteiger partial charge in [-0.05, 0) is 36.5 Å². The minimum absolute atomic E-state index is 0.471. The number of rotatable bonds is 7. The van der Waals surface area contributed by atoms with E-state index in [0.29, 0.717) is 12.5 Å². The van der Waals surface area contributed by atoms with Gasteiger partial charge in [0.1, 0.15) is 5.69 Å². The Bertz CT molecular complexity index is 856. The van der Waals surface area contributed by atoms with E-state index in [-0.39, 0.29) is 0 Å². The van der Waals surface area contributed by atoms with Gasteiger partial charge < -0.3 is 4.42 Å². The lowest BCUT2D eigenvalue weighted by Gasteiger charge is -2.05. The van der Waals surface area contributed by atoms with Gasteiger partial charge in [-0.25, -0.2) is 4.68 Å². The third-order valence-electron chi connectivity index (χ3n) is 4.14. The molecule has 0 unspecified atom stereocenters. The van der Waals surface area contributed by atoms with Gasteiger partial charge in [0.2, 0.25) is 4.80 Å². The Morgan fingerprint density at radius 2 is 1.92 bits per heavy atom. The fraction of sp³-hybridized carbons (Fsp3) is 0.300. The van der Waals surface area contributed by atoms with Gasteiger partial charge in [0.25, 0.3) is 0 Å². The Morgan fingerprint density at radius 3 is 2.60 bits per heavy atom. The molecule has 0 N–H and O–H groups in total. The fourth-order valence-electron chi connectivity index (χ4n) is 2.52. The van der Waals surface area contributed by atoms with Crippen molar-refractivity contribution in [1.82, 2.24) is 4.68 Å². The van der Waals surface area contributed by atoms with Crippen LogP contribution in [0, 0.1) is 5.92 Å². The first kappa shape index (κ1) is 17.4. The van der Waals surface area contributed by atoms with Gasteiger partial charge in [-0.2, -0.15) is 5.10 Å². The third kappa shape index (κ3) is 4.37. The van der Waals surface area contributed by atoms with Gasteiger partial charge in [-0.1, -0.05) is 44.2 Å². The maximum atomic E-state index is 5.57. The number of hydrogen-bond acceptors (Lipinski definition) is 4. The van der Waals surface area contributed by atoms with Crippen LogP contribution in [-0.2, 0) is 6.54 Å². The van der Waals surface area contributed by atoms with Crippen molar-refractivity contribution in [2.24, 2.45) is 16.0 Å². The molecule has 0 aliphatic heterocycles. The summed E-state index contributed by atoms with van der Waals surface area (Å²) in [6.45, 7) is 5.01. The summed E-state index contributed by atoms with van der Waals surface area (Å²) >= 11 is 1.58. The summed E-state index contributed by atoms with van der Waals surface area (Å²) in [5, 5.41) is 6.77. The maximum absolute atomic E-state index is 5.57. The Balaban J connectivity index is 1.97. The number of aromatic nitrogens is 1. The van der Waals surface area contributed by atoms with Gasteiger partial charge in [0.15, 0.2) is 5.76 Å². The molecule has 0 aliphatic rings. The predicted octanol–water partition coefficient (Wildman–Crippen LogP) is 5.18. The minimum Gasteiger partial charge on any atom is -0.463 e. The topological polar surface area (TPSA) is 42.8 Å². The van der Waals surface area contributed by atoms with Crippen molar-refractivity contribution in [3.05, 3.63) is 64.5 Å². The SMILES string of the molecule is CCC(C=Nn1c(-c2ccco2)csc1=NCc1ccccc1)CC. The highest BCUT2D eigenvalue weighted by Crippen LogP contribution is 2.20. The van der Waals surface area contributed by atoms with E-state index in [9.17, 15) is 0 Å². The van der Waals surface area contributed by atoms with Gasteiger partial charge in [0.05, 0.1) is 12.8 Å². The normalized spacial score (nSPS) is 12.5. The molecule has 0 amide bonds. The number of hydrogen-bond donors (Lipinski definition) is 0. The number of benzene rings is 1. The standard InChI is InChI=1S/C20H23N3OS/c1-3-16(4-2)14-22-23-18(19-11-8-12-24-19)15-25-20(23)21-13-17-9-6-5-7-10-17/h5-12,14-16H,3-4,13H2,1-2H3. The molecule has 0 bridgehead atoms. The van der Waals surface area contributed by atoms with Gasteiger partial charge in [-0.15, -0.1) is 11.3 Å². The molecule has 3 rings (SSSR count). The first-order chi connectivity index (χ1) is 12.3.